The fraction of sp³-hybridized carbons (Fsp3) is 0. The van der Waals surface area contributed by atoms with E-state index in [0.29, 0.717) is 11.3 Å². The van der Waals surface area contributed by atoms with Crippen molar-refractivity contribution in [1.29, 1.82) is 0 Å². The highest BCUT2D eigenvalue weighted by Gasteiger charge is 2.08. The smallest absolute Gasteiger partial charge is 0.335 e. The molecule has 0 unspecified atom stereocenters. The van der Waals surface area contributed by atoms with Gasteiger partial charge >= 0.3 is 5.97 Å². The molecule has 3 aromatic rings. The number of rotatable bonds is 3. The molecule has 21 heavy (non-hydrogen) atoms. The van der Waals surface area contributed by atoms with E-state index < -0.39 is 5.97 Å². The molecule has 3 rings (SSSR count). The first-order valence-electron chi connectivity index (χ1n) is 6.17. The highest BCUT2D eigenvalue weighted by atomic mass is 16.4. The third kappa shape index (κ3) is 2.59. The molecular weight excluding hydrogens is 270 g/mol. The average Bonchev–Trinajstić information content (AvgIpc) is 2.49. The molecule has 2 aromatic carbocycles. The predicted octanol–water partition coefficient (Wildman–Crippen LogP) is 2.78. The van der Waals surface area contributed by atoms with Crippen LogP contribution in [0.5, 0.6) is 5.75 Å². The Morgan fingerprint density at radius 2 is 1.81 bits per heavy atom. The van der Waals surface area contributed by atoms with Gasteiger partial charge in [-0.15, -0.1) is 0 Å². The van der Waals surface area contributed by atoms with Gasteiger partial charge in [0.05, 0.1) is 11.1 Å². The first-order valence-corrected chi connectivity index (χ1v) is 6.17. The highest BCUT2D eigenvalue weighted by molar-refractivity contribution is 5.97. The highest BCUT2D eigenvalue weighted by Crippen LogP contribution is 2.24. The van der Waals surface area contributed by atoms with Crippen molar-refractivity contribution in [2.45, 2.75) is 0 Å². The first kappa shape index (κ1) is 12.9. The zero-order valence-electron chi connectivity index (χ0n) is 10.8. The van der Waals surface area contributed by atoms with E-state index in [1.165, 1.54) is 18.5 Å². The summed E-state index contributed by atoms with van der Waals surface area (Å²) in [5.74, 6) is -0.245. The van der Waals surface area contributed by atoms with Crippen LogP contribution < -0.4 is 5.32 Å². The van der Waals surface area contributed by atoms with Gasteiger partial charge in [0.15, 0.2) is 0 Å². The van der Waals surface area contributed by atoms with Crippen molar-refractivity contribution in [3.05, 3.63) is 54.4 Å². The van der Waals surface area contributed by atoms with E-state index >= 15 is 0 Å². The lowest BCUT2D eigenvalue weighted by molar-refractivity contribution is 0.0697. The molecule has 1 heterocycles. The number of carboxylic acid groups (broad SMARTS) is 1. The lowest BCUT2D eigenvalue weighted by Crippen LogP contribution is -1.99. The Morgan fingerprint density at radius 1 is 1.05 bits per heavy atom. The summed E-state index contributed by atoms with van der Waals surface area (Å²) >= 11 is 0. The summed E-state index contributed by atoms with van der Waals surface area (Å²) < 4.78 is 0. The number of carbonyl (C=O) groups is 1. The first-order chi connectivity index (χ1) is 10.1. The maximum absolute atomic E-state index is 11.0. The van der Waals surface area contributed by atoms with Crippen LogP contribution in [0.1, 0.15) is 10.4 Å². The van der Waals surface area contributed by atoms with Crippen LogP contribution in [0.3, 0.4) is 0 Å². The minimum absolute atomic E-state index is 0.178. The van der Waals surface area contributed by atoms with Crippen molar-refractivity contribution < 1.29 is 15.0 Å². The molecule has 0 bridgehead atoms. The molecule has 0 atom stereocenters. The van der Waals surface area contributed by atoms with Gasteiger partial charge in [0.25, 0.3) is 0 Å². The normalized spacial score (nSPS) is 10.5. The minimum Gasteiger partial charge on any atom is -0.508 e. The third-order valence-electron chi connectivity index (χ3n) is 3.01. The number of benzene rings is 2. The SMILES string of the molecule is O=C(O)c1ccc2c(Nc3ccc(O)cc3)ncnc2c1. The lowest BCUT2D eigenvalue weighted by Gasteiger charge is -2.08. The van der Waals surface area contributed by atoms with Gasteiger partial charge in [0, 0.05) is 11.1 Å². The molecule has 0 spiro atoms. The van der Waals surface area contributed by atoms with Gasteiger partial charge in [-0.05, 0) is 42.5 Å². The number of nitrogens with zero attached hydrogens (tertiary/aromatic N) is 2. The summed E-state index contributed by atoms with van der Waals surface area (Å²) in [6.45, 7) is 0. The second-order valence-electron chi connectivity index (χ2n) is 4.43. The fourth-order valence-corrected chi connectivity index (χ4v) is 1.97. The third-order valence-corrected chi connectivity index (χ3v) is 3.01. The molecule has 104 valence electrons. The molecule has 0 amide bonds. The molecule has 0 aliphatic heterocycles. The molecule has 0 fully saturated rings. The van der Waals surface area contributed by atoms with Crippen molar-refractivity contribution in [3.8, 4) is 5.75 Å². The van der Waals surface area contributed by atoms with Crippen LogP contribution in [-0.4, -0.2) is 26.2 Å². The molecule has 0 saturated carbocycles. The number of carboxylic acids is 1. The number of phenolic OH excluding ortho intramolecular Hbond substituents is 1. The molecule has 6 nitrogen and oxygen atoms in total. The number of aromatic nitrogens is 2. The monoisotopic (exact) mass is 281 g/mol. The van der Waals surface area contributed by atoms with Gasteiger partial charge in [-0.2, -0.15) is 0 Å². The number of fused-ring (bicyclic) bond motifs is 1. The average molecular weight is 281 g/mol. The van der Waals surface area contributed by atoms with E-state index in [1.54, 1.807) is 30.3 Å². The predicted molar refractivity (Wildman–Crippen MR) is 77.9 cm³/mol. The Bertz CT molecular complexity index is 816. The molecule has 6 heteroatoms. The van der Waals surface area contributed by atoms with Crippen molar-refractivity contribution in [2.75, 3.05) is 5.32 Å². The van der Waals surface area contributed by atoms with Gasteiger partial charge in [-0.3, -0.25) is 0 Å². The Kier molecular flexibility index (Phi) is 3.12. The quantitative estimate of drug-likeness (QED) is 0.639. The van der Waals surface area contributed by atoms with E-state index in [4.69, 9.17) is 5.11 Å². The second kappa shape index (κ2) is 5.09. The number of aromatic hydroxyl groups is 1. The van der Waals surface area contributed by atoms with Crippen molar-refractivity contribution in [3.63, 3.8) is 0 Å². The maximum Gasteiger partial charge on any atom is 0.335 e. The largest absolute Gasteiger partial charge is 0.508 e. The summed E-state index contributed by atoms with van der Waals surface area (Å²) in [7, 11) is 0. The summed E-state index contributed by atoms with van der Waals surface area (Å²) in [4.78, 5) is 19.2. The van der Waals surface area contributed by atoms with E-state index in [1.807, 2.05) is 0 Å². The number of hydrogen-bond acceptors (Lipinski definition) is 5. The molecule has 0 aliphatic carbocycles. The molecule has 1 aromatic heterocycles. The van der Waals surface area contributed by atoms with Crippen LogP contribution in [0, 0.1) is 0 Å². The van der Waals surface area contributed by atoms with Gasteiger partial charge < -0.3 is 15.5 Å². The van der Waals surface area contributed by atoms with Crippen LogP contribution >= 0.6 is 0 Å². The number of nitrogens with one attached hydrogen (secondary N) is 1. The number of phenols is 1. The molecule has 0 saturated heterocycles. The molecule has 0 radical (unpaired) electrons. The topological polar surface area (TPSA) is 95.3 Å². The van der Waals surface area contributed by atoms with Gasteiger partial charge in [0.1, 0.15) is 17.9 Å². The lowest BCUT2D eigenvalue weighted by atomic mass is 10.1. The number of hydrogen-bond donors (Lipinski definition) is 3. The van der Waals surface area contributed by atoms with Crippen LogP contribution in [0.15, 0.2) is 48.8 Å². The summed E-state index contributed by atoms with van der Waals surface area (Å²) in [6, 6.07) is 11.2. The number of anilines is 2. The van der Waals surface area contributed by atoms with E-state index in [9.17, 15) is 9.90 Å². The van der Waals surface area contributed by atoms with Crippen molar-refractivity contribution in [1.82, 2.24) is 9.97 Å². The van der Waals surface area contributed by atoms with Crippen LogP contribution in [0.25, 0.3) is 10.9 Å². The number of aromatic carboxylic acids is 1. The van der Waals surface area contributed by atoms with Gasteiger partial charge in [-0.1, -0.05) is 0 Å². The Balaban J connectivity index is 2.02. The summed E-state index contributed by atoms with van der Waals surface area (Å²) in [5.41, 5.74) is 1.48. The molecular formula is C15H11N3O3. The Hall–Kier alpha value is -3.15. The maximum atomic E-state index is 11.0. The standard InChI is InChI=1S/C15H11N3O3/c19-11-4-2-10(3-5-11)18-14-12-6-1-9(15(20)21)7-13(12)16-8-17-14/h1-8,19H,(H,20,21)(H,16,17,18). The Morgan fingerprint density at radius 3 is 2.52 bits per heavy atom. The van der Waals surface area contributed by atoms with E-state index in [2.05, 4.69) is 15.3 Å². The van der Waals surface area contributed by atoms with Crippen molar-refractivity contribution in [2.24, 2.45) is 0 Å². The van der Waals surface area contributed by atoms with E-state index in [-0.39, 0.29) is 11.3 Å². The zero-order chi connectivity index (χ0) is 14.8. The molecule has 0 aliphatic rings. The Labute approximate surface area is 119 Å². The van der Waals surface area contributed by atoms with Gasteiger partial charge in [-0.25, -0.2) is 14.8 Å². The fourth-order valence-electron chi connectivity index (χ4n) is 1.97. The van der Waals surface area contributed by atoms with Crippen LogP contribution in [0.2, 0.25) is 0 Å². The van der Waals surface area contributed by atoms with Gasteiger partial charge in [0.2, 0.25) is 0 Å². The zero-order valence-corrected chi connectivity index (χ0v) is 10.8. The van der Waals surface area contributed by atoms with Crippen LogP contribution in [-0.2, 0) is 0 Å². The minimum atomic E-state index is -0.997. The van der Waals surface area contributed by atoms with Crippen molar-refractivity contribution >= 4 is 28.4 Å². The van der Waals surface area contributed by atoms with E-state index in [0.717, 1.165) is 11.1 Å². The molecule has 3 N–H and O–H groups in total. The summed E-state index contributed by atoms with van der Waals surface area (Å²) in [5, 5.41) is 22.1. The summed E-state index contributed by atoms with van der Waals surface area (Å²) in [6.07, 6.45) is 1.37. The van der Waals surface area contributed by atoms with Crippen LogP contribution in [0.4, 0.5) is 11.5 Å². The second-order valence-corrected chi connectivity index (χ2v) is 4.43.